The van der Waals surface area contributed by atoms with Crippen molar-refractivity contribution in [3.63, 3.8) is 0 Å². The van der Waals surface area contributed by atoms with Crippen LogP contribution in [-0.4, -0.2) is 64.8 Å². The van der Waals surface area contributed by atoms with Crippen molar-refractivity contribution in [2.75, 3.05) is 0 Å². The van der Waals surface area contributed by atoms with Crippen LogP contribution in [0.5, 0.6) is 0 Å². The molecule has 0 aliphatic heterocycles. The molecular weight excluding hydrogens is 784 g/mol. The van der Waals surface area contributed by atoms with Crippen molar-refractivity contribution in [2.45, 2.75) is 48.0 Å². The Bertz CT molecular complexity index is 1610. The maximum Gasteiger partial charge on any atom is 0.480 e. The van der Waals surface area contributed by atoms with Gasteiger partial charge < -0.3 is 8.25 Å². The summed E-state index contributed by atoms with van der Waals surface area (Å²) in [6.07, 6.45) is 18.2. The van der Waals surface area contributed by atoms with Gasteiger partial charge in [-0.05, 0) is 12.8 Å². The number of sulfonamides is 4. The molecule has 0 saturated heterocycles. The van der Waals surface area contributed by atoms with Crippen LogP contribution in [0.2, 0.25) is 0 Å². The van der Waals surface area contributed by atoms with Gasteiger partial charge in [0.05, 0.1) is 25.5 Å². The molecule has 0 fully saturated rings. The predicted octanol–water partition coefficient (Wildman–Crippen LogP) is 3.66. The standard InChI is InChI=1S/C14H20N4.2C2F6NO4S2/c1-3-15-9-11-17(13-15)7-5-6-8-18-12-10-16(4-2)14-18;2*3-1(4,5)14(10,11)9-15(12,13)2(6,7)8/h3-4,9-14H,1-2,5-8H2;;/q+2;2*-1. The van der Waals surface area contributed by atoms with E-state index in [1.54, 1.807) is 12.4 Å². The van der Waals surface area contributed by atoms with Crippen molar-refractivity contribution in [3.05, 3.63) is 58.9 Å². The zero-order valence-electron chi connectivity index (χ0n) is 23.0. The van der Waals surface area contributed by atoms with Crippen LogP contribution in [0, 0.1) is 0 Å². The number of aromatic nitrogens is 4. The Morgan fingerprint density at radius 1 is 0.521 bits per heavy atom. The molecule has 0 spiro atoms. The van der Waals surface area contributed by atoms with Gasteiger partial charge in [0.15, 0.2) is 40.1 Å². The van der Waals surface area contributed by atoms with Crippen molar-refractivity contribution >= 4 is 52.5 Å². The molecule has 0 saturated carbocycles. The van der Waals surface area contributed by atoms with Crippen LogP contribution in [0.3, 0.4) is 0 Å². The SMILES string of the molecule is C=Cn1cc[n+](CCCC[n+]2ccn(C=C)c2)c1.O=S(=O)([N-]S(=O)(=O)C(F)(F)F)C(F)(F)F.O=S(=O)([N-]S(=O)(=O)C(F)(F)F)C(F)(F)F. The molecule has 0 aliphatic rings. The summed E-state index contributed by atoms with van der Waals surface area (Å²) in [5.41, 5.74) is -24.8. The summed E-state index contributed by atoms with van der Waals surface area (Å²) in [6.45, 7) is 9.54. The summed E-state index contributed by atoms with van der Waals surface area (Å²) in [4.78, 5) is 0. The zero-order chi connectivity index (χ0) is 38.2. The molecule has 2 aromatic heterocycles. The van der Waals surface area contributed by atoms with Crippen LogP contribution in [0.15, 0.2) is 50.6 Å². The van der Waals surface area contributed by atoms with Gasteiger partial charge in [-0.2, -0.15) is 52.7 Å². The third-order valence-electron chi connectivity index (χ3n) is 4.49. The third-order valence-corrected chi connectivity index (χ3v) is 9.97. The van der Waals surface area contributed by atoms with Crippen molar-refractivity contribution in [1.29, 1.82) is 0 Å². The molecule has 0 N–H and O–H groups in total. The van der Waals surface area contributed by atoms with Gasteiger partial charge >= 0.3 is 22.0 Å². The monoisotopic (exact) mass is 804 g/mol. The van der Waals surface area contributed by atoms with E-state index < -0.39 is 62.1 Å². The number of nitrogens with zero attached hydrogens (tertiary/aromatic N) is 6. The molecular formula is C18H20F12N6O8S4. The van der Waals surface area contributed by atoms with Gasteiger partial charge in [0, 0.05) is 0 Å². The minimum atomic E-state index is -6.72. The van der Waals surface area contributed by atoms with E-state index in [1.807, 2.05) is 34.2 Å². The van der Waals surface area contributed by atoms with Crippen LogP contribution >= 0.6 is 0 Å². The van der Waals surface area contributed by atoms with E-state index in [-0.39, 0.29) is 0 Å². The van der Waals surface area contributed by atoms with E-state index in [9.17, 15) is 86.4 Å². The smallest absolute Gasteiger partial charge is 0.421 e. The molecule has 2 aromatic rings. The lowest BCUT2D eigenvalue weighted by Crippen LogP contribution is -2.33. The molecule has 0 radical (unpaired) electrons. The van der Waals surface area contributed by atoms with Crippen molar-refractivity contribution in [3.8, 4) is 0 Å². The first-order chi connectivity index (χ1) is 21.2. The van der Waals surface area contributed by atoms with Crippen LogP contribution in [0.4, 0.5) is 52.7 Å². The second-order valence-corrected chi connectivity index (χ2v) is 14.9. The fourth-order valence-corrected chi connectivity index (χ4v) is 5.74. The van der Waals surface area contributed by atoms with E-state index in [0.717, 1.165) is 34.2 Å². The fourth-order valence-electron chi connectivity index (χ4n) is 2.32. The van der Waals surface area contributed by atoms with Crippen LogP contribution in [-0.2, 0) is 53.2 Å². The van der Waals surface area contributed by atoms with E-state index in [4.69, 9.17) is 0 Å². The second-order valence-electron chi connectivity index (χ2n) is 8.10. The van der Waals surface area contributed by atoms with E-state index in [0.29, 0.717) is 0 Å². The maximum absolute atomic E-state index is 11.4. The van der Waals surface area contributed by atoms with Gasteiger partial charge in [-0.3, -0.25) is 0 Å². The molecule has 0 bridgehead atoms. The van der Waals surface area contributed by atoms with Crippen molar-refractivity contribution in [1.82, 2.24) is 9.13 Å². The number of alkyl halides is 12. The Hall–Kier alpha value is -3.22. The Balaban J connectivity index is 0.000000696. The van der Waals surface area contributed by atoms with Crippen LogP contribution in [0.1, 0.15) is 12.8 Å². The Kier molecular flexibility index (Phi) is 14.9. The third kappa shape index (κ3) is 13.7. The molecule has 278 valence electrons. The lowest BCUT2D eigenvalue weighted by molar-refractivity contribution is -0.707. The first-order valence-electron chi connectivity index (χ1n) is 11.3. The van der Waals surface area contributed by atoms with E-state index in [1.165, 1.54) is 0 Å². The minimum absolute atomic E-state index is 0.778. The van der Waals surface area contributed by atoms with Crippen LogP contribution < -0.4 is 9.13 Å². The molecule has 30 heteroatoms. The van der Waals surface area contributed by atoms with E-state index in [2.05, 4.69) is 34.7 Å². The van der Waals surface area contributed by atoms with Gasteiger partial charge in [0.25, 0.3) is 0 Å². The first-order valence-corrected chi connectivity index (χ1v) is 17.1. The lowest BCUT2D eigenvalue weighted by Gasteiger charge is -2.22. The summed E-state index contributed by atoms with van der Waals surface area (Å²) in [5, 5.41) is 0. The molecule has 0 amide bonds. The highest BCUT2D eigenvalue weighted by atomic mass is 32.3. The van der Waals surface area contributed by atoms with Crippen LogP contribution in [0.25, 0.3) is 20.7 Å². The summed E-state index contributed by atoms with van der Waals surface area (Å²) in [7, 11) is -26.9. The molecule has 0 aliphatic carbocycles. The number of aryl methyl sites for hydroxylation is 2. The Morgan fingerprint density at radius 2 is 0.750 bits per heavy atom. The second kappa shape index (κ2) is 16.0. The topological polar surface area (TPSA) is 182 Å². The molecule has 48 heavy (non-hydrogen) atoms. The number of unbranched alkanes of at least 4 members (excludes halogenated alkanes) is 1. The highest BCUT2D eigenvalue weighted by Gasteiger charge is 2.48. The quantitative estimate of drug-likeness (QED) is 0.187. The Morgan fingerprint density at radius 3 is 0.917 bits per heavy atom. The van der Waals surface area contributed by atoms with Gasteiger partial charge in [-0.25, -0.2) is 51.9 Å². The van der Waals surface area contributed by atoms with E-state index >= 15 is 0 Å². The molecule has 2 heterocycles. The molecule has 0 atom stereocenters. The Labute approximate surface area is 263 Å². The number of imidazole rings is 2. The highest BCUT2D eigenvalue weighted by molar-refractivity contribution is 8.13. The summed E-state index contributed by atoms with van der Waals surface area (Å²) < 4.78 is 227. The number of rotatable bonds is 11. The van der Waals surface area contributed by atoms with Gasteiger partial charge in [-0.15, -0.1) is 0 Å². The predicted molar refractivity (Wildman–Crippen MR) is 138 cm³/mol. The fraction of sp³-hybridized carbons (Fsp3) is 0.444. The lowest BCUT2D eigenvalue weighted by atomic mass is 10.3. The minimum Gasteiger partial charge on any atom is -0.421 e. The average molecular weight is 805 g/mol. The molecule has 14 nitrogen and oxygen atoms in total. The van der Waals surface area contributed by atoms with Crippen molar-refractivity contribution < 1.29 is 95.5 Å². The van der Waals surface area contributed by atoms with Gasteiger partial charge in [-0.1, -0.05) is 13.2 Å². The van der Waals surface area contributed by atoms with Gasteiger partial charge in [0.1, 0.15) is 24.8 Å². The summed E-state index contributed by atoms with van der Waals surface area (Å²) in [5.74, 6) is 0. The van der Waals surface area contributed by atoms with Gasteiger partial charge in [0.2, 0.25) is 12.7 Å². The number of hydrogen-bond acceptors (Lipinski definition) is 8. The molecule has 2 rings (SSSR count). The number of hydrogen-bond donors (Lipinski definition) is 0. The largest absolute Gasteiger partial charge is 0.480 e. The average Bonchev–Trinajstić information content (AvgIpc) is 3.53. The number of halogens is 12. The molecule has 0 aromatic carbocycles. The van der Waals surface area contributed by atoms with Crippen molar-refractivity contribution in [2.24, 2.45) is 0 Å². The summed E-state index contributed by atoms with van der Waals surface area (Å²) >= 11 is 0. The highest BCUT2D eigenvalue weighted by Crippen LogP contribution is 2.37. The zero-order valence-corrected chi connectivity index (χ0v) is 26.2. The maximum atomic E-state index is 11.4. The molecule has 0 unspecified atom stereocenters. The summed E-state index contributed by atoms with van der Waals surface area (Å²) in [6, 6.07) is 0. The normalized spacial score (nSPS) is 13.5. The first kappa shape index (κ1) is 44.8.